The van der Waals surface area contributed by atoms with E-state index in [2.05, 4.69) is 56.1 Å². The minimum atomic E-state index is 0.0703. The number of nitrogens with zero attached hydrogens (tertiary/aromatic N) is 3. The van der Waals surface area contributed by atoms with Crippen LogP contribution in [0.5, 0.6) is 0 Å². The van der Waals surface area contributed by atoms with Crippen LogP contribution in [0.15, 0.2) is 12.4 Å². The Hall–Kier alpha value is -0.870. The Labute approximate surface area is 123 Å². The monoisotopic (exact) mass is 278 g/mol. The summed E-state index contributed by atoms with van der Waals surface area (Å²) < 4.78 is 2.05. The lowest BCUT2D eigenvalue weighted by Gasteiger charge is -2.34. The van der Waals surface area contributed by atoms with Crippen molar-refractivity contribution in [3.8, 4) is 0 Å². The van der Waals surface area contributed by atoms with Crippen molar-refractivity contribution >= 4 is 0 Å². The predicted molar refractivity (Wildman–Crippen MR) is 83.8 cm³/mol. The van der Waals surface area contributed by atoms with Gasteiger partial charge in [0.05, 0.1) is 11.7 Å². The number of nitrogens with one attached hydrogen (secondary N) is 1. The quantitative estimate of drug-likeness (QED) is 0.919. The second-order valence-electron chi connectivity index (χ2n) is 7.25. The Morgan fingerprint density at radius 2 is 1.95 bits per heavy atom. The average Bonchev–Trinajstić information content (AvgIpc) is 2.85. The SMILES string of the molecule is CC(C)N1CCC(NCc2cnn(C(C)(C)C)c2)CC1. The molecule has 0 bridgehead atoms. The minimum Gasteiger partial charge on any atom is -0.310 e. The zero-order valence-corrected chi connectivity index (χ0v) is 13.7. The third-order valence-electron chi connectivity index (χ3n) is 4.18. The summed E-state index contributed by atoms with van der Waals surface area (Å²) in [6.07, 6.45) is 6.66. The van der Waals surface area contributed by atoms with Crippen molar-refractivity contribution in [3.05, 3.63) is 18.0 Å². The number of rotatable bonds is 4. The molecular weight excluding hydrogens is 248 g/mol. The molecule has 0 aromatic carbocycles. The van der Waals surface area contributed by atoms with Gasteiger partial charge in [0, 0.05) is 30.4 Å². The fourth-order valence-electron chi connectivity index (χ4n) is 2.70. The maximum Gasteiger partial charge on any atom is 0.0543 e. The molecule has 0 atom stereocenters. The van der Waals surface area contributed by atoms with Crippen molar-refractivity contribution in [2.75, 3.05) is 13.1 Å². The maximum atomic E-state index is 4.45. The van der Waals surface area contributed by atoms with Gasteiger partial charge in [-0.2, -0.15) is 5.10 Å². The van der Waals surface area contributed by atoms with Crippen molar-refractivity contribution in [2.24, 2.45) is 0 Å². The molecule has 114 valence electrons. The molecule has 20 heavy (non-hydrogen) atoms. The summed E-state index contributed by atoms with van der Waals surface area (Å²) in [5.74, 6) is 0. The van der Waals surface area contributed by atoms with Gasteiger partial charge < -0.3 is 10.2 Å². The van der Waals surface area contributed by atoms with E-state index < -0.39 is 0 Å². The van der Waals surface area contributed by atoms with Gasteiger partial charge >= 0.3 is 0 Å². The third-order valence-corrected chi connectivity index (χ3v) is 4.18. The van der Waals surface area contributed by atoms with E-state index in [9.17, 15) is 0 Å². The lowest BCUT2D eigenvalue weighted by atomic mass is 10.0. The van der Waals surface area contributed by atoms with Crippen molar-refractivity contribution in [1.82, 2.24) is 20.0 Å². The highest BCUT2D eigenvalue weighted by Crippen LogP contribution is 2.15. The molecule has 2 heterocycles. The van der Waals surface area contributed by atoms with Gasteiger partial charge in [0.1, 0.15) is 0 Å². The normalized spacial score (nSPS) is 18.9. The lowest BCUT2D eigenvalue weighted by molar-refractivity contribution is 0.161. The second kappa shape index (κ2) is 6.27. The first-order chi connectivity index (χ1) is 9.36. The molecule has 1 aromatic rings. The number of hydrogen-bond acceptors (Lipinski definition) is 3. The summed E-state index contributed by atoms with van der Waals surface area (Å²) in [6.45, 7) is 14.5. The molecule has 4 nitrogen and oxygen atoms in total. The van der Waals surface area contributed by atoms with E-state index in [0.717, 1.165) is 6.54 Å². The summed E-state index contributed by atoms with van der Waals surface area (Å²) in [4.78, 5) is 2.57. The van der Waals surface area contributed by atoms with E-state index in [1.54, 1.807) is 0 Å². The van der Waals surface area contributed by atoms with Crippen LogP contribution in [0.2, 0.25) is 0 Å². The van der Waals surface area contributed by atoms with E-state index in [1.165, 1.54) is 31.5 Å². The molecule has 0 radical (unpaired) electrons. The molecule has 1 fully saturated rings. The zero-order valence-electron chi connectivity index (χ0n) is 13.7. The Balaban J connectivity index is 1.78. The smallest absolute Gasteiger partial charge is 0.0543 e. The van der Waals surface area contributed by atoms with E-state index in [1.807, 2.05) is 10.9 Å². The van der Waals surface area contributed by atoms with Gasteiger partial charge in [-0.15, -0.1) is 0 Å². The summed E-state index contributed by atoms with van der Waals surface area (Å²) in [5.41, 5.74) is 1.35. The lowest BCUT2D eigenvalue weighted by Crippen LogP contribution is -2.44. The molecule has 2 rings (SSSR count). The molecule has 0 unspecified atom stereocenters. The van der Waals surface area contributed by atoms with Crippen LogP contribution in [0.1, 0.15) is 53.0 Å². The summed E-state index contributed by atoms with van der Waals surface area (Å²) >= 11 is 0. The Kier molecular flexibility index (Phi) is 4.86. The number of piperidine rings is 1. The Morgan fingerprint density at radius 3 is 2.45 bits per heavy atom. The molecule has 0 aliphatic carbocycles. The van der Waals surface area contributed by atoms with Gasteiger partial charge in [-0.25, -0.2) is 0 Å². The molecule has 1 aliphatic heterocycles. The predicted octanol–water partition coefficient (Wildman–Crippen LogP) is 2.60. The molecule has 0 spiro atoms. The first-order valence-electron chi connectivity index (χ1n) is 7.87. The van der Waals surface area contributed by atoms with Gasteiger partial charge in [0.2, 0.25) is 0 Å². The second-order valence-corrected chi connectivity index (χ2v) is 7.25. The molecular formula is C16H30N4. The fraction of sp³-hybridized carbons (Fsp3) is 0.812. The van der Waals surface area contributed by atoms with Crippen LogP contribution in [0.4, 0.5) is 0 Å². The van der Waals surface area contributed by atoms with Crippen LogP contribution in [0, 0.1) is 0 Å². The van der Waals surface area contributed by atoms with Crippen molar-refractivity contribution in [1.29, 1.82) is 0 Å². The van der Waals surface area contributed by atoms with Crippen molar-refractivity contribution in [3.63, 3.8) is 0 Å². The maximum absolute atomic E-state index is 4.45. The van der Waals surface area contributed by atoms with Crippen LogP contribution in [0.25, 0.3) is 0 Å². The first-order valence-corrected chi connectivity index (χ1v) is 7.87. The Bertz CT molecular complexity index is 408. The Morgan fingerprint density at radius 1 is 1.30 bits per heavy atom. The zero-order chi connectivity index (χ0) is 14.8. The molecule has 4 heteroatoms. The van der Waals surface area contributed by atoms with Gasteiger partial charge in [0.15, 0.2) is 0 Å². The van der Waals surface area contributed by atoms with Crippen LogP contribution in [-0.4, -0.2) is 39.9 Å². The molecule has 1 N–H and O–H groups in total. The summed E-state index contributed by atoms with van der Waals surface area (Å²) in [7, 11) is 0. The van der Waals surface area contributed by atoms with Crippen LogP contribution in [0.3, 0.4) is 0 Å². The highest BCUT2D eigenvalue weighted by molar-refractivity contribution is 5.05. The van der Waals surface area contributed by atoms with E-state index in [0.29, 0.717) is 12.1 Å². The van der Waals surface area contributed by atoms with Gasteiger partial charge in [-0.1, -0.05) is 0 Å². The third kappa shape index (κ3) is 4.06. The molecule has 1 saturated heterocycles. The molecule has 1 aliphatic rings. The van der Waals surface area contributed by atoms with Crippen molar-refractivity contribution < 1.29 is 0 Å². The molecule has 1 aromatic heterocycles. The highest BCUT2D eigenvalue weighted by Gasteiger charge is 2.20. The minimum absolute atomic E-state index is 0.0703. The van der Waals surface area contributed by atoms with Crippen LogP contribution in [-0.2, 0) is 12.1 Å². The van der Waals surface area contributed by atoms with Gasteiger partial charge in [-0.3, -0.25) is 4.68 Å². The number of likely N-dealkylation sites (tertiary alicyclic amines) is 1. The summed E-state index contributed by atoms with van der Waals surface area (Å²) in [5, 5.41) is 8.14. The van der Waals surface area contributed by atoms with Crippen LogP contribution >= 0.6 is 0 Å². The highest BCUT2D eigenvalue weighted by atomic mass is 15.3. The molecule has 0 saturated carbocycles. The fourth-order valence-corrected chi connectivity index (χ4v) is 2.70. The van der Waals surface area contributed by atoms with E-state index in [-0.39, 0.29) is 5.54 Å². The van der Waals surface area contributed by atoms with Crippen molar-refractivity contribution in [2.45, 2.75) is 71.6 Å². The number of hydrogen-bond donors (Lipinski definition) is 1. The topological polar surface area (TPSA) is 33.1 Å². The van der Waals surface area contributed by atoms with Gasteiger partial charge in [-0.05, 0) is 60.5 Å². The van der Waals surface area contributed by atoms with Gasteiger partial charge in [0.25, 0.3) is 0 Å². The summed E-state index contributed by atoms with van der Waals surface area (Å²) in [6, 6.07) is 1.34. The standard InChI is InChI=1S/C16H30N4/c1-13(2)19-8-6-15(7-9-19)17-10-14-11-18-20(12-14)16(3,4)5/h11-13,15,17H,6-10H2,1-5H3. The number of aromatic nitrogens is 2. The average molecular weight is 278 g/mol. The van der Waals surface area contributed by atoms with E-state index in [4.69, 9.17) is 0 Å². The molecule has 0 amide bonds. The largest absolute Gasteiger partial charge is 0.310 e. The first kappa shape index (κ1) is 15.5. The van der Waals surface area contributed by atoms with E-state index >= 15 is 0 Å². The van der Waals surface area contributed by atoms with Crippen LogP contribution < -0.4 is 5.32 Å².